The maximum Gasteiger partial charge on any atom is 0.271 e. The topological polar surface area (TPSA) is 47.9 Å². The van der Waals surface area contributed by atoms with E-state index in [0.29, 0.717) is 16.8 Å². The third kappa shape index (κ3) is 4.16. The molecule has 146 valence electrons. The summed E-state index contributed by atoms with van der Waals surface area (Å²) in [5.74, 6) is -0.534. The maximum atomic E-state index is 14.3. The Morgan fingerprint density at radius 2 is 1.57 bits per heavy atom. The number of nitrogens with zero attached hydrogens (tertiary/aromatic N) is 3. The minimum Gasteiger partial charge on any atom is -0.372 e. The summed E-state index contributed by atoms with van der Waals surface area (Å²) in [6.07, 6.45) is 6.11. The molecular formula is C22H25FN4O. The fraction of sp³-hybridized carbons (Fsp3) is 0.364. The van der Waals surface area contributed by atoms with E-state index in [-0.39, 0.29) is 11.7 Å². The van der Waals surface area contributed by atoms with Crippen molar-refractivity contribution in [2.24, 2.45) is 5.10 Å². The van der Waals surface area contributed by atoms with Gasteiger partial charge < -0.3 is 9.80 Å². The van der Waals surface area contributed by atoms with Crippen molar-refractivity contribution in [3.63, 3.8) is 0 Å². The standard InChI is InChI=1S/C22H25FN4O/c23-20-15-17(5-10-21(20)27-13-3-4-14-27)16-24-25-22(28)18-6-8-19(9-7-18)26-11-1-2-12-26/h5-10,15-16H,1-4,11-14H2,(H,25,28)/b24-16-. The highest BCUT2D eigenvalue weighted by Crippen LogP contribution is 2.24. The molecule has 5 nitrogen and oxygen atoms in total. The third-order valence-corrected chi connectivity index (χ3v) is 5.40. The predicted octanol–water partition coefficient (Wildman–Crippen LogP) is 3.79. The second kappa shape index (κ2) is 8.42. The first-order valence-electron chi connectivity index (χ1n) is 9.94. The lowest BCUT2D eigenvalue weighted by Gasteiger charge is -2.18. The van der Waals surface area contributed by atoms with Crippen molar-refractivity contribution in [3.05, 3.63) is 59.4 Å². The van der Waals surface area contributed by atoms with Crippen molar-refractivity contribution in [1.82, 2.24) is 5.43 Å². The number of amides is 1. The largest absolute Gasteiger partial charge is 0.372 e. The number of hydrogen-bond acceptors (Lipinski definition) is 4. The van der Waals surface area contributed by atoms with Crippen molar-refractivity contribution in [2.75, 3.05) is 36.0 Å². The molecule has 0 saturated carbocycles. The monoisotopic (exact) mass is 380 g/mol. The number of hydrazone groups is 1. The van der Waals surface area contributed by atoms with Crippen LogP contribution in [0.25, 0.3) is 0 Å². The summed E-state index contributed by atoms with van der Waals surface area (Å²) in [5, 5.41) is 3.97. The molecule has 2 aliphatic rings. The van der Waals surface area contributed by atoms with Gasteiger partial charge in [0.25, 0.3) is 5.91 Å². The Bertz CT molecular complexity index is 853. The van der Waals surface area contributed by atoms with Gasteiger partial charge in [-0.1, -0.05) is 6.07 Å². The maximum absolute atomic E-state index is 14.3. The molecule has 2 aromatic rings. The minimum atomic E-state index is -0.279. The number of benzene rings is 2. The molecule has 1 N–H and O–H groups in total. The van der Waals surface area contributed by atoms with Crippen LogP contribution in [-0.2, 0) is 0 Å². The number of hydrogen-bond donors (Lipinski definition) is 1. The van der Waals surface area contributed by atoms with Crippen LogP contribution >= 0.6 is 0 Å². The summed E-state index contributed by atoms with van der Waals surface area (Å²) in [4.78, 5) is 16.6. The highest BCUT2D eigenvalue weighted by atomic mass is 19.1. The first-order chi connectivity index (χ1) is 13.7. The third-order valence-electron chi connectivity index (χ3n) is 5.40. The molecule has 1 amide bonds. The number of carbonyl (C=O) groups is 1. The zero-order chi connectivity index (χ0) is 19.3. The summed E-state index contributed by atoms with van der Waals surface area (Å²) in [7, 11) is 0. The zero-order valence-electron chi connectivity index (χ0n) is 15.9. The van der Waals surface area contributed by atoms with Gasteiger partial charge in [0.1, 0.15) is 5.82 Å². The lowest BCUT2D eigenvalue weighted by molar-refractivity contribution is 0.0955. The van der Waals surface area contributed by atoms with Gasteiger partial charge in [0.05, 0.1) is 11.9 Å². The van der Waals surface area contributed by atoms with Gasteiger partial charge in [0.15, 0.2) is 0 Å². The minimum absolute atomic E-state index is 0.255. The number of halogens is 1. The Labute approximate surface area is 164 Å². The van der Waals surface area contributed by atoms with E-state index in [0.717, 1.165) is 44.7 Å². The van der Waals surface area contributed by atoms with E-state index in [1.807, 2.05) is 30.3 Å². The molecule has 28 heavy (non-hydrogen) atoms. The molecule has 0 atom stereocenters. The number of anilines is 2. The summed E-state index contributed by atoms with van der Waals surface area (Å²) >= 11 is 0. The van der Waals surface area contributed by atoms with Gasteiger partial charge in [0, 0.05) is 37.4 Å². The first kappa shape index (κ1) is 18.5. The van der Waals surface area contributed by atoms with Crippen molar-refractivity contribution in [1.29, 1.82) is 0 Å². The Balaban J connectivity index is 1.35. The van der Waals surface area contributed by atoms with Crippen LogP contribution in [-0.4, -0.2) is 38.3 Å². The van der Waals surface area contributed by atoms with Crippen molar-refractivity contribution < 1.29 is 9.18 Å². The van der Waals surface area contributed by atoms with Gasteiger partial charge >= 0.3 is 0 Å². The van der Waals surface area contributed by atoms with Gasteiger partial charge in [-0.05, 0) is 67.6 Å². The summed E-state index contributed by atoms with van der Waals surface area (Å²) < 4.78 is 14.3. The Kier molecular flexibility index (Phi) is 5.55. The van der Waals surface area contributed by atoms with Crippen LogP contribution in [0.2, 0.25) is 0 Å². The van der Waals surface area contributed by atoms with Crippen LogP contribution in [0.15, 0.2) is 47.6 Å². The van der Waals surface area contributed by atoms with Crippen LogP contribution in [0.5, 0.6) is 0 Å². The molecule has 0 bridgehead atoms. The molecule has 0 unspecified atom stereocenters. The second-order valence-corrected chi connectivity index (χ2v) is 7.35. The average molecular weight is 380 g/mol. The Morgan fingerprint density at radius 1 is 0.929 bits per heavy atom. The predicted molar refractivity (Wildman–Crippen MR) is 111 cm³/mol. The number of carbonyl (C=O) groups excluding carboxylic acids is 1. The molecule has 0 radical (unpaired) electrons. The summed E-state index contributed by atoms with van der Waals surface area (Å²) in [6.45, 7) is 3.94. The molecule has 0 aliphatic carbocycles. The SMILES string of the molecule is O=C(N/N=C\c1ccc(N2CCCC2)c(F)c1)c1ccc(N2CCCC2)cc1. The molecule has 6 heteroatoms. The van der Waals surface area contributed by atoms with Gasteiger partial charge in [-0.3, -0.25) is 4.79 Å². The lowest BCUT2D eigenvalue weighted by Crippen LogP contribution is -2.20. The fourth-order valence-corrected chi connectivity index (χ4v) is 3.85. The van der Waals surface area contributed by atoms with E-state index in [1.54, 1.807) is 6.07 Å². The van der Waals surface area contributed by atoms with E-state index in [9.17, 15) is 9.18 Å². The van der Waals surface area contributed by atoms with E-state index >= 15 is 0 Å². The van der Waals surface area contributed by atoms with Gasteiger partial charge in [-0.15, -0.1) is 0 Å². The van der Waals surface area contributed by atoms with Crippen LogP contribution in [0.1, 0.15) is 41.6 Å². The normalized spacial score (nSPS) is 16.9. The van der Waals surface area contributed by atoms with Crippen LogP contribution in [0, 0.1) is 5.82 Å². The van der Waals surface area contributed by atoms with Crippen LogP contribution < -0.4 is 15.2 Å². The van der Waals surface area contributed by atoms with Gasteiger partial charge in [-0.2, -0.15) is 5.10 Å². The Morgan fingerprint density at radius 3 is 2.21 bits per heavy atom. The van der Waals surface area contributed by atoms with E-state index in [1.165, 1.54) is 25.1 Å². The van der Waals surface area contributed by atoms with Crippen LogP contribution in [0.3, 0.4) is 0 Å². The van der Waals surface area contributed by atoms with E-state index < -0.39 is 0 Å². The Hall–Kier alpha value is -2.89. The molecule has 2 fully saturated rings. The van der Waals surface area contributed by atoms with E-state index in [4.69, 9.17) is 0 Å². The van der Waals surface area contributed by atoms with Gasteiger partial charge in [-0.25, -0.2) is 9.82 Å². The fourth-order valence-electron chi connectivity index (χ4n) is 3.85. The molecule has 2 heterocycles. The van der Waals surface area contributed by atoms with E-state index in [2.05, 4.69) is 20.3 Å². The summed E-state index contributed by atoms with van der Waals surface area (Å²) in [6, 6.07) is 12.6. The smallest absolute Gasteiger partial charge is 0.271 e. The highest BCUT2D eigenvalue weighted by Gasteiger charge is 2.16. The molecule has 2 aromatic carbocycles. The molecule has 0 spiro atoms. The summed E-state index contributed by atoms with van der Waals surface area (Å²) in [5.41, 5.74) is 5.46. The molecule has 0 aromatic heterocycles. The van der Waals surface area contributed by atoms with Crippen molar-refractivity contribution in [3.8, 4) is 0 Å². The molecular weight excluding hydrogens is 355 g/mol. The average Bonchev–Trinajstić information content (AvgIpc) is 3.42. The molecule has 2 saturated heterocycles. The molecule has 2 aliphatic heterocycles. The van der Waals surface area contributed by atoms with Crippen molar-refractivity contribution >= 4 is 23.5 Å². The van der Waals surface area contributed by atoms with Crippen molar-refractivity contribution in [2.45, 2.75) is 25.7 Å². The van der Waals surface area contributed by atoms with Crippen LogP contribution in [0.4, 0.5) is 15.8 Å². The first-order valence-corrected chi connectivity index (χ1v) is 9.94. The number of rotatable bonds is 5. The highest BCUT2D eigenvalue weighted by molar-refractivity contribution is 5.95. The second-order valence-electron chi connectivity index (χ2n) is 7.35. The quantitative estimate of drug-likeness (QED) is 0.634. The number of nitrogens with one attached hydrogen (secondary N) is 1. The zero-order valence-corrected chi connectivity index (χ0v) is 15.9. The lowest BCUT2D eigenvalue weighted by atomic mass is 10.2. The molecule has 4 rings (SSSR count). The van der Waals surface area contributed by atoms with Gasteiger partial charge in [0.2, 0.25) is 0 Å².